The molecule has 2 aliphatic heterocycles. The lowest BCUT2D eigenvalue weighted by Gasteiger charge is -2.37. The van der Waals surface area contributed by atoms with E-state index in [9.17, 15) is 4.79 Å². The molecule has 0 spiro atoms. The van der Waals surface area contributed by atoms with E-state index < -0.39 is 0 Å². The summed E-state index contributed by atoms with van der Waals surface area (Å²) in [6.45, 7) is 5.52. The molecule has 0 N–H and O–H groups in total. The summed E-state index contributed by atoms with van der Waals surface area (Å²) in [7, 11) is 1.74. The predicted octanol–water partition coefficient (Wildman–Crippen LogP) is 2.22. The van der Waals surface area contributed by atoms with Gasteiger partial charge in [-0.1, -0.05) is 6.07 Å². The quantitative estimate of drug-likeness (QED) is 0.793. The van der Waals surface area contributed by atoms with Crippen LogP contribution in [0.25, 0.3) is 0 Å². The standard InChI is InChI=1S/C20H31N3O2/c1-25-13-12-22-9-3-5-19(16-22)20(24)23-10-6-17(7-11-23)14-18-4-2-8-21-15-18/h2,4,8,15,17,19H,3,5-7,9-14,16H2,1H3/t19-/m0/s1. The van der Waals surface area contributed by atoms with Crippen LogP contribution in [0.15, 0.2) is 24.5 Å². The van der Waals surface area contributed by atoms with E-state index in [1.807, 2.05) is 18.5 Å². The van der Waals surface area contributed by atoms with Gasteiger partial charge in [0.2, 0.25) is 5.91 Å². The first-order valence-electron chi connectivity index (χ1n) is 9.65. The molecule has 2 saturated heterocycles. The Morgan fingerprint density at radius 3 is 2.84 bits per heavy atom. The molecular weight excluding hydrogens is 314 g/mol. The largest absolute Gasteiger partial charge is 0.383 e. The van der Waals surface area contributed by atoms with Crippen molar-refractivity contribution in [1.29, 1.82) is 0 Å². The zero-order chi connectivity index (χ0) is 17.5. The summed E-state index contributed by atoms with van der Waals surface area (Å²) in [5, 5.41) is 0. The van der Waals surface area contributed by atoms with Gasteiger partial charge in [-0.05, 0) is 56.2 Å². The van der Waals surface area contributed by atoms with Crippen molar-refractivity contribution in [3.63, 3.8) is 0 Å². The number of carbonyl (C=O) groups excluding carboxylic acids is 1. The average Bonchev–Trinajstić information content (AvgIpc) is 2.67. The highest BCUT2D eigenvalue weighted by atomic mass is 16.5. The van der Waals surface area contributed by atoms with Crippen LogP contribution in [0.2, 0.25) is 0 Å². The number of methoxy groups -OCH3 is 1. The van der Waals surface area contributed by atoms with Crippen molar-refractivity contribution < 1.29 is 9.53 Å². The van der Waals surface area contributed by atoms with Gasteiger partial charge in [0.1, 0.15) is 0 Å². The van der Waals surface area contributed by atoms with Crippen LogP contribution >= 0.6 is 0 Å². The Morgan fingerprint density at radius 1 is 1.28 bits per heavy atom. The van der Waals surface area contributed by atoms with Crippen molar-refractivity contribution in [2.24, 2.45) is 11.8 Å². The monoisotopic (exact) mass is 345 g/mol. The second-order valence-electron chi connectivity index (χ2n) is 7.47. The third-order valence-corrected chi connectivity index (χ3v) is 5.64. The highest BCUT2D eigenvalue weighted by Crippen LogP contribution is 2.25. The summed E-state index contributed by atoms with van der Waals surface area (Å²) in [6.07, 6.45) is 9.26. The first-order chi connectivity index (χ1) is 12.3. The lowest BCUT2D eigenvalue weighted by atomic mass is 9.89. The Morgan fingerprint density at radius 2 is 2.12 bits per heavy atom. The van der Waals surface area contributed by atoms with Gasteiger partial charge >= 0.3 is 0 Å². The minimum Gasteiger partial charge on any atom is -0.383 e. The van der Waals surface area contributed by atoms with Crippen molar-refractivity contribution in [1.82, 2.24) is 14.8 Å². The zero-order valence-corrected chi connectivity index (χ0v) is 15.4. The average molecular weight is 345 g/mol. The summed E-state index contributed by atoms with van der Waals surface area (Å²) in [5.41, 5.74) is 1.31. The maximum Gasteiger partial charge on any atom is 0.226 e. The number of rotatable bonds is 6. The van der Waals surface area contributed by atoms with Gasteiger partial charge in [0.25, 0.3) is 0 Å². The summed E-state index contributed by atoms with van der Waals surface area (Å²) < 4.78 is 5.18. The second-order valence-corrected chi connectivity index (χ2v) is 7.47. The van der Waals surface area contributed by atoms with Crippen LogP contribution in [0, 0.1) is 11.8 Å². The molecule has 2 fully saturated rings. The summed E-state index contributed by atoms with van der Waals surface area (Å²) >= 11 is 0. The number of hydrogen-bond donors (Lipinski definition) is 0. The number of ether oxygens (including phenoxy) is 1. The second kappa shape index (κ2) is 9.30. The smallest absolute Gasteiger partial charge is 0.226 e. The van der Waals surface area contributed by atoms with E-state index in [-0.39, 0.29) is 5.92 Å². The molecule has 1 aromatic heterocycles. The maximum atomic E-state index is 12.9. The minimum absolute atomic E-state index is 0.181. The molecule has 0 bridgehead atoms. The molecule has 0 radical (unpaired) electrons. The fraction of sp³-hybridized carbons (Fsp3) is 0.700. The van der Waals surface area contributed by atoms with Crippen molar-refractivity contribution in [3.8, 4) is 0 Å². The predicted molar refractivity (Wildman–Crippen MR) is 98.3 cm³/mol. The fourth-order valence-corrected chi connectivity index (χ4v) is 4.15. The third-order valence-electron chi connectivity index (χ3n) is 5.64. The van der Waals surface area contributed by atoms with Gasteiger partial charge < -0.3 is 14.5 Å². The normalized spacial score (nSPS) is 22.9. The minimum atomic E-state index is 0.181. The zero-order valence-electron chi connectivity index (χ0n) is 15.4. The molecule has 0 aromatic carbocycles. The van der Waals surface area contributed by atoms with Crippen molar-refractivity contribution in [3.05, 3.63) is 30.1 Å². The molecule has 3 rings (SSSR count). The van der Waals surface area contributed by atoms with Crippen molar-refractivity contribution >= 4 is 5.91 Å². The van der Waals surface area contributed by atoms with Crippen LogP contribution in [0.3, 0.4) is 0 Å². The van der Waals surface area contributed by atoms with Crippen LogP contribution in [-0.4, -0.2) is 67.1 Å². The molecule has 1 atom stereocenters. The lowest BCUT2D eigenvalue weighted by molar-refractivity contribution is -0.138. The van der Waals surface area contributed by atoms with E-state index in [0.29, 0.717) is 11.8 Å². The Kier molecular flexibility index (Phi) is 6.82. The molecule has 25 heavy (non-hydrogen) atoms. The highest BCUT2D eigenvalue weighted by Gasteiger charge is 2.31. The van der Waals surface area contributed by atoms with Crippen molar-refractivity contribution in [2.45, 2.75) is 32.1 Å². The molecule has 2 aliphatic rings. The third kappa shape index (κ3) is 5.25. The highest BCUT2D eigenvalue weighted by molar-refractivity contribution is 5.79. The number of piperidine rings is 2. The first kappa shape index (κ1) is 18.3. The summed E-state index contributed by atoms with van der Waals surface area (Å²) in [4.78, 5) is 21.6. The van der Waals surface area contributed by atoms with Gasteiger partial charge in [0.05, 0.1) is 12.5 Å². The van der Waals surface area contributed by atoms with Gasteiger partial charge in [-0.2, -0.15) is 0 Å². The van der Waals surface area contributed by atoms with Gasteiger partial charge in [0.15, 0.2) is 0 Å². The first-order valence-corrected chi connectivity index (χ1v) is 9.65. The van der Waals surface area contributed by atoms with E-state index in [4.69, 9.17) is 4.74 Å². The van der Waals surface area contributed by atoms with E-state index in [1.54, 1.807) is 7.11 Å². The molecule has 1 aromatic rings. The molecule has 138 valence electrons. The number of aromatic nitrogens is 1. The van der Waals surface area contributed by atoms with E-state index in [1.165, 1.54) is 5.56 Å². The number of pyridine rings is 1. The van der Waals surface area contributed by atoms with E-state index >= 15 is 0 Å². The molecular formula is C20H31N3O2. The van der Waals surface area contributed by atoms with Crippen LogP contribution in [0.1, 0.15) is 31.2 Å². The number of carbonyl (C=O) groups is 1. The molecule has 1 amide bonds. The van der Waals surface area contributed by atoms with Crippen molar-refractivity contribution in [2.75, 3.05) is 46.4 Å². The fourth-order valence-electron chi connectivity index (χ4n) is 4.15. The Labute approximate surface area is 151 Å². The molecule has 5 nitrogen and oxygen atoms in total. The molecule has 0 aliphatic carbocycles. The molecule has 5 heteroatoms. The Balaban J connectivity index is 1.45. The summed E-state index contributed by atoms with van der Waals surface area (Å²) in [6, 6.07) is 4.16. The molecule has 0 unspecified atom stereocenters. The van der Waals surface area contributed by atoms with E-state index in [0.717, 1.165) is 71.4 Å². The Bertz CT molecular complexity index is 529. The summed E-state index contributed by atoms with van der Waals surface area (Å²) in [5.74, 6) is 1.24. The Hall–Kier alpha value is -1.46. The molecule has 3 heterocycles. The number of likely N-dealkylation sites (tertiary alicyclic amines) is 2. The van der Waals surface area contributed by atoms with Crippen LogP contribution < -0.4 is 0 Å². The van der Waals surface area contributed by atoms with Gasteiger partial charge in [-0.3, -0.25) is 9.78 Å². The van der Waals surface area contributed by atoms with Crippen LogP contribution in [0.4, 0.5) is 0 Å². The number of nitrogens with zero attached hydrogens (tertiary/aromatic N) is 3. The SMILES string of the molecule is COCCN1CCC[C@H](C(=O)N2CCC(Cc3cccnc3)CC2)C1. The number of hydrogen-bond acceptors (Lipinski definition) is 4. The van der Waals surface area contributed by atoms with E-state index in [2.05, 4.69) is 20.9 Å². The van der Waals surface area contributed by atoms with Crippen LogP contribution in [0.5, 0.6) is 0 Å². The van der Waals surface area contributed by atoms with Gasteiger partial charge in [-0.25, -0.2) is 0 Å². The van der Waals surface area contributed by atoms with Gasteiger partial charge in [-0.15, -0.1) is 0 Å². The topological polar surface area (TPSA) is 45.7 Å². The van der Waals surface area contributed by atoms with Crippen LogP contribution in [-0.2, 0) is 16.0 Å². The maximum absolute atomic E-state index is 12.9. The number of amides is 1. The molecule has 0 saturated carbocycles. The van der Waals surface area contributed by atoms with Gasteiger partial charge in [0, 0.05) is 45.7 Å². The lowest BCUT2D eigenvalue weighted by Crippen LogP contribution is -2.47.